The van der Waals surface area contributed by atoms with Crippen LogP contribution in [0.1, 0.15) is 23.2 Å². The zero-order valence-electron chi connectivity index (χ0n) is 17.5. The molecule has 4 rings (SSSR count). The van der Waals surface area contributed by atoms with Crippen LogP contribution in [0.4, 0.5) is 0 Å². The first kappa shape index (κ1) is 23.2. The van der Waals surface area contributed by atoms with Crippen molar-refractivity contribution >= 4 is 46.7 Å². The number of ether oxygens (including phenoxy) is 1. The number of aliphatic carboxylic acids is 1. The molecule has 0 aliphatic carbocycles. The Morgan fingerprint density at radius 1 is 1.03 bits per heavy atom. The number of carboxylic acid groups (broad SMARTS) is 1. The molecule has 1 N–H and O–H groups in total. The minimum atomic E-state index is -0.761. The molecule has 9 heteroatoms. The summed E-state index contributed by atoms with van der Waals surface area (Å²) >= 11 is 19.0. The molecule has 2 aliphatic heterocycles. The van der Waals surface area contributed by atoms with Crippen molar-refractivity contribution in [1.82, 2.24) is 9.80 Å². The van der Waals surface area contributed by atoms with Gasteiger partial charge in [0.15, 0.2) is 0 Å². The van der Waals surface area contributed by atoms with E-state index in [0.717, 1.165) is 12.8 Å². The molecule has 1 amide bonds. The second-order valence-electron chi connectivity index (χ2n) is 8.19. The van der Waals surface area contributed by atoms with Crippen LogP contribution < -0.4 is 4.74 Å². The number of halogens is 3. The SMILES string of the molecule is COc1cc(Cl)c(-c2cc(Cl)ccc2Cl)cc1C(=O)N1CCCC(N2CC(C(=O)O)C2)C1. The molecule has 6 nitrogen and oxygen atoms in total. The highest BCUT2D eigenvalue weighted by Crippen LogP contribution is 2.39. The van der Waals surface area contributed by atoms with Gasteiger partial charge in [-0.25, -0.2) is 0 Å². The predicted molar refractivity (Wildman–Crippen MR) is 125 cm³/mol. The summed E-state index contributed by atoms with van der Waals surface area (Å²) in [5, 5.41) is 10.5. The number of piperidine rings is 1. The summed E-state index contributed by atoms with van der Waals surface area (Å²) in [4.78, 5) is 28.6. The normalized spacial score (nSPS) is 19.5. The van der Waals surface area contributed by atoms with E-state index in [1.807, 2.05) is 0 Å². The third-order valence-electron chi connectivity index (χ3n) is 6.20. The fourth-order valence-electron chi connectivity index (χ4n) is 4.38. The zero-order valence-corrected chi connectivity index (χ0v) is 19.8. The van der Waals surface area contributed by atoms with Gasteiger partial charge in [0, 0.05) is 59.5 Å². The topological polar surface area (TPSA) is 70.1 Å². The van der Waals surface area contributed by atoms with E-state index in [4.69, 9.17) is 44.6 Å². The Balaban J connectivity index is 1.60. The van der Waals surface area contributed by atoms with Crippen LogP contribution >= 0.6 is 34.8 Å². The Bertz CT molecular complexity index is 1060. The molecule has 2 fully saturated rings. The van der Waals surface area contributed by atoms with E-state index in [1.54, 1.807) is 35.2 Å². The highest BCUT2D eigenvalue weighted by atomic mass is 35.5. The van der Waals surface area contributed by atoms with Gasteiger partial charge in [-0.1, -0.05) is 34.8 Å². The third kappa shape index (κ3) is 4.55. The number of rotatable bonds is 5. The molecule has 2 saturated heterocycles. The number of carbonyl (C=O) groups is 2. The summed E-state index contributed by atoms with van der Waals surface area (Å²) in [6.45, 7) is 2.24. The summed E-state index contributed by atoms with van der Waals surface area (Å²) in [5.74, 6) is -0.845. The van der Waals surface area contributed by atoms with E-state index in [1.165, 1.54) is 7.11 Å². The van der Waals surface area contributed by atoms with Gasteiger partial charge in [0.2, 0.25) is 0 Å². The summed E-state index contributed by atoms with van der Waals surface area (Å²) in [5.41, 5.74) is 1.64. The summed E-state index contributed by atoms with van der Waals surface area (Å²) in [6, 6.07) is 8.57. The number of hydrogen-bond donors (Lipinski definition) is 1. The zero-order chi connectivity index (χ0) is 23.0. The van der Waals surface area contributed by atoms with Crippen molar-refractivity contribution in [3.63, 3.8) is 0 Å². The van der Waals surface area contributed by atoms with E-state index >= 15 is 0 Å². The molecule has 2 aliphatic rings. The fraction of sp³-hybridized carbons (Fsp3) is 0.391. The van der Waals surface area contributed by atoms with Crippen molar-refractivity contribution in [1.29, 1.82) is 0 Å². The fourth-order valence-corrected chi connectivity index (χ4v) is 5.02. The van der Waals surface area contributed by atoms with Crippen LogP contribution in [0.5, 0.6) is 5.75 Å². The molecule has 2 heterocycles. The van der Waals surface area contributed by atoms with Crippen molar-refractivity contribution in [3.8, 4) is 16.9 Å². The Labute approximate surface area is 201 Å². The van der Waals surface area contributed by atoms with Crippen LogP contribution in [0.25, 0.3) is 11.1 Å². The molecular weight excluding hydrogens is 475 g/mol. The molecule has 0 aromatic heterocycles. The highest BCUT2D eigenvalue weighted by Gasteiger charge is 2.39. The van der Waals surface area contributed by atoms with Gasteiger partial charge >= 0.3 is 5.97 Å². The van der Waals surface area contributed by atoms with Crippen molar-refractivity contribution < 1.29 is 19.4 Å². The van der Waals surface area contributed by atoms with Crippen molar-refractivity contribution in [2.45, 2.75) is 18.9 Å². The van der Waals surface area contributed by atoms with E-state index in [9.17, 15) is 9.59 Å². The van der Waals surface area contributed by atoms with E-state index in [0.29, 0.717) is 63.7 Å². The minimum Gasteiger partial charge on any atom is -0.496 e. The van der Waals surface area contributed by atoms with Crippen molar-refractivity contribution in [2.75, 3.05) is 33.3 Å². The van der Waals surface area contributed by atoms with Crippen LogP contribution in [0.2, 0.25) is 15.1 Å². The number of likely N-dealkylation sites (tertiary alicyclic amines) is 2. The summed E-state index contributed by atoms with van der Waals surface area (Å²) in [7, 11) is 1.50. The highest BCUT2D eigenvalue weighted by molar-refractivity contribution is 6.38. The van der Waals surface area contributed by atoms with Crippen LogP contribution in [0, 0.1) is 5.92 Å². The van der Waals surface area contributed by atoms with Gasteiger partial charge in [0.1, 0.15) is 5.75 Å². The summed E-state index contributed by atoms with van der Waals surface area (Å²) in [6.07, 6.45) is 1.80. The molecule has 0 radical (unpaired) electrons. The molecular formula is C23H23Cl3N2O4. The lowest BCUT2D eigenvalue weighted by Crippen LogP contribution is -2.59. The number of carbonyl (C=O) groups excluding carboxylic acids is 1. The minimum absolute atomic E-state index is 0.155. The Kier molecular flexibility index (Phi) is 6.86. The number of amides is 1. The predicted octanol–water partition coefficient (Wildman–Crippen LogP) is 4.94. The van der Waals surface area contributed by atoms with Crippen molar-refractivity contribution in [2.24, 2.45) is 5.92 Å². The molecule has 0 bridgehead atoms. The van der Waals surface area contributed by atoms with Gasteiger partial charge in [-0.05, 0) is 37.1 Å². The number of hydrogen-bond acceptors (Lipinski definition) is 4. The Hall–Kier alpha value is -1.99. The molecule has 1 atom stereocenters. The summed E-state index contributed by atoms with van der Waals surface area (Å²) < 4.78 is 5.46. The lowest BCUT2D eigenvalue weighted by atomic mass is 9.93. The molecule has 2 aromatic carbocycles. The van der Waals surface area contributed by atoms with Gasteiger partial charge in [-0.15, -0.1) is 0 Å². The molecule has 170 valence electrons. The maximum absolute atomic E-state index is 13.5. The first-order valence-corrected chi connectivity index (χ1v) is 11.5. The first-order valence-electron chi connectivity index (χ1n) is 10.4. The van der Waals surface area contributed by atoms with Crippen LogP contribution in [-0.4, -0.2) is 66.1 Å². The third-order valence-corrected chi connectivity index (χ3v) is 7.07. The Morgan fingerprint density at radius 2 is 1.75 bits per heavy atom. The molecule has 1 unspecified atom stereocenters. The van der Waals surface area contributed by atoms with Gasteiger partial charge in [-0.3, -0.25) is 14.5 Å². The van der Waals surface area contributed by atoms with Crippen molar-refractivity contribution in [3.05, 3.63) is 51.0 Å². The second kappa shape index (κ2) is 9.48. The van der Waals surface area contributed by atoms with Gasteiger partial charge in [-0.2, -0.15) is 0 Å². The van der Waals surface area contributed by atoms with Gasteiger partial charge in [0.05, 0.1) is 23.6 Å². The number of benzene rings is 2. The molecule has 0 spiro atoms. The molecule has 32 heavy (non-hydrogen) atoms. The quantitative estimate of drug-likeness (QED) is 0.633. The van der Waals surface area contributed by atoms with Gasteiger partial charge < -0.3 is 14.7 Å². The lowest BCUT2D eigenvalue weighted by molar-refractivity contribution is -0.149. The smallest absolute Gasteiger partial charge is 0.309 e. The number of methoxy groups -OCH3 is 1. The lowest BCUT2D eigenvalue weighted by Gasteiger charge is -2.46. The standard InChI is InChI=1S/C23H23Cl3N2O4/c1-32-21-9-20(26)17(16-7-14(24)4-5-19(16)25)8-18(21)22(29)27-6-2-3-15(12-27)28-10-13(11-28)23(30)31/h4-5,7-9,13,15H,2-3,6,10-12H2,1H3,(H,30,31). The first-order chi connectivity index (χ1) is 15.3. The Morgan fingerprint density at radius 3 is 2.44 bits per heavy atom. The van der Waals surface area contributed by atoms with E-state index < -0.39 is 5.97 Å². The largest absolute Gasteiger partial charge is 0.496 e. The van der Waals surface area contributed by atoms with Crippen LogP contribution in [0.3, 0.4) is 0 Å². The average molecular weight is 498 g/mol. The average Bonchev–Trinajstić information content (AvgIpc) is 2.73. The van der Waals surface area contributed by atoms with Crippen LogP contribution in [-0.2, 0) is 4.79 Å². The second-order valence-corrected chi connectivity index (χ2v) is 9.44. The van der Waals surface area contributed by atoms with E-state index in [2.05, 4.69) is 4.90 Å². The monoisotopic (exact) mass is 496 g/mol. The molecule has 2 aromatic rings. The number of nitrogens with zero attached hydrogens (tertiary/aromatic N) is 2. The maximum atomic E-state index is 13.5. The van der Waals surface area contributed by atoms with Crippen LogP contribution in [0.15, 0.2) is 30.3 Å². The van der Waals surface area contributed by atoms with Gasteiger partial charge in [0.25, 0.3) is 5.91 Å². The molecule has 0 saturated carbocycles. The number of carboxylic acids is 1. The maximum Gasteiger partial charge on any atom is 0.309 e. The van der Waals surface area contributed by atoms with E-state index in [-0.39, 0.29) is 17.9 Å².